The number of carbonyl (C=O) groups is 1. The molecule has 1 saturated heterocycles. The van der Waals surface area contributed by atoms with Crippen molar-refractivity contribution >= 4 is 11.6 Å². The highest BCUT2D eigenvalue weighted by Crippen LogP contribution is 2.38. The highest BCUT2D eigenvalue weighted by Gasteiger charge is 2.33. The van der Waals surface area contributed by atoms with E-state index in [1.165, 1.54) is 18.2 Å². The lowest BCUT2D eigenvalue weighted by molar-refractivity contribution is -0.252. The molecular weight excluding hydrogens is 535 g/mol. The molecule has 1 amide bonds. The molecule has 0 bridgehead atoms. The van der Waals surface area contributed by atoms with Crippen LogP contribution in [0.4, 0.5) is 27.6 Å². The third-order valence-electron chi connectivity index (χ3n) is 6.42. The number of amides is 1. The van der Waals surface area contributed by atoms with Crippen LogP contribution in [0.2, 0.25) is 0 Å². The van der Waals surface area contributed by atoms with E-state index in [9.17, 15) is 31.9 Å². The minimum absolute atomic E-state index is 0.0217. The number of anilines is 1. The average molecular weight is 563 g/mol. The molecule has 212 valence electrons. The summed E-state index contributed by atoms with van der Waals surface area (Å²) >= 11 is 0. The van der Waals surface area contributed by atoms with Crippen molar-refractivity contribution in [1.82, 2.24) is 4.90 Å². The highest BCUT2D eigenvalue weighted by molar-refractivity contribution is 6.04. The van der Waals surface area contributed by atoms with E-state index in [2.05, 4.69) is 11.9 Å². The van der Waals surface area contributed by atoms with Gasteiger partial charge < -0.3 is 24.8 Å². The van der Waals surface area contributed by atoms with Crippen LogP contribution < -0.4 is 5.32 Å². The van der Waals surface area contributed by atoms with Crippen molar-refractivity contribution < 1.29 is 41.3 Å². The Balaban J connectivity index is 1.59. The van der Waals surface area contributed by atoms with Gasteiger partial charge in [0.05, 0.1) is 18.8 Å². The highest BCUT2D eigenvalue weighted by atomic mass is 19.2. The Morgan fingerprint density at radius 3 is 2.27 bits per heavy atom. The van der Waals surface area contributed by atoms with E-state index in [0.717, 1.165) is 11.1 Å². The Labute approximate surface area is 227 Å². The Bertz CT molecular complexity index is 1360. The predicted octanol–water partition coefficient (Wildman–Crippen LogP) is 5.79. The fourth-order valence-electron chi connectivity index (χ4n) is 4.44. The van der Waals surface area contributed by atoms with Gasteiger partial charge >= 0.3 is 0 Å². The third-order valence-corrected chi connectivity index (χ3v) is 6.42. The maximum Gasteiger partial charge on any atom is 0.261 e. The molecular formula is C29H27F5N2O4. The predicted molar refractivity (Wildman–Crippen MR) is 137 cm³/mol. The summed E-state index contributed by atoms with van der Waals surface area (Å²) in [6, 6.07) is 13.3. The summed E-state index contributed by atoms with van der Waals surface area (Å²) < 4.78 is 81.3. The number of likely N-dealkylation sites (N-methyl/N-ethyl adjacent to an activating group) is 1. The first-order valence-electron chi connectivity index (χ1n) is 12.4. The fourth-order valence-corrected chi connectivity index (χ4v) is 4.44. The molecule has 1 fully saturated rings. The van der Waals surface area contributed by atoms with Gasteiger partial charge in [0, 0.05) is 30.8 Å². The number of hydrogen-bond donors (Lipinski definition) is 2. The van der Waals surface area contributed by atoms with E-state index < -0.39 is 46.8 Å². The van der Waals surface area contributed by atoms with Gasteiger partial charge in [-0.2, -0.15) is 0 Å². The van der Waals surface area contributed by atoms with Gasteiger partial charge in [-0.25, -0.2) is 22.0 Å². The van der Waals surface area contributed by atoms with Gasteiger partial charge in [-0.3, -0.25) is 4.79 Å². The molecule has 3 aromatic rings. The molecule has 1 aliphatic heterocycles. The van der Waals surface area contributed by atoms with Gasteiger partial charge in [-0.1, -0.05) is 42.5 Å². The molecule has 0 aliphatic carbocycles. The van der Waals surface area contributed by atoms with Gasteiger partial charge in [0.2, 0.25) is 5.82 Å². The summed E-state index contributed by atoms with van der Waals surface area (Å²) in [5, 5.41) is 11.5. The van der Waals surface area contributed by atoms with Crippen LogP contribution in [-0.4, -0.2) is 42.2 Å². The van der Waals surface area contributed by atoms with Crippen LogP contribution in [0.3, 0.4) is 0 Å². The minimum Gasteiger partial charge on any atom is -0.392 e. The van der Waals surface area contributed by atoms with Gasteiger partial charge in [0.1, 0.15) is 5.56 Å². The maximum absolute atomic E-state index is 14.1. The summed E-state index contributed by atoms with van der Waals surface area (Å²) in [6.45, 7) is 4.82. The first kappa shape index (κ1) is 29.3. The molecule has 3 atom stereocenters. The number of aliphatic hydroxyl groups is 1. The van der Waals surface area contributed by atoms with E-state index in [1.54, 1.807) is 24.3 Å². The van der Waals surface area contributed by atoms with E-state index >= 15 is 0 Å². The number of rotatable bonds is 9. The van der Waals surface area contributed by atoms with Gasteiger partial charge in [-0.05, 0) is 30.3 Å². The van der Waals surface area contributed by atoms with Crippen molar-refractivity contribution in [2.75, 3.05) is 25.5 Å². The standard InChI is InChI=1S/C29H27F5N2O4/c1-3-11-36(2)14-20-13-21(17-9-7-16(15-37)8-10-17)40-29(39-20)18-5-4-6-19(12-18)35-28(38)22-23(30)25(32)27(34)26(33)24(22)31/h3-10,12,20-21,29,37H,1,11,13-15H2,2H3,(H,35,38)/t20-,21+,29+/m1/s1. The molecule has 2 N–H and O–H groups in total. The third kappa shape index (κ3) is 6.39. The molecule has 1 heterocycles. The number of aliphatic hydroxyl groups excluding tert-OH is 1. The van der Waals surface area contributed by atoms with Crippen LogP contribution in [0.1, 0.15) is 45.9 Å². The molecule has 3 aromatic carbocycles. The smallest absolute Gasteiger partial charge is 0.261 e. The van der Waals surface area contributed by atoms with Crippen molar-refractivity contribution in [1.29, 1.82) is 0 Å². The van der Waals surface area contributed by atoms with Crippen LogP contribution in [0, 0.1) is 29.1 Å². The SMILES string of the molecule is C=CCN(C)C[C@H]1C[C@@H](c2ccc(CO)cc2)O[C@@H](c2cccc(NC(=O)c3c(F)c(F)c(F)c(F)c3F)c2)O1. The number of nitrogens with zero attached hydrogens (tertiary/aromatic N) is 1. The zero-order valence-corrected chi connectivity index (χ0v) is 21.5. The number of halogens is 5. The average Bonchev–Trinajstić information content (AvgIpc) is 2.95. The second-order valence-electron chi connectivity index (χ2n) is 9.38. The number of ether oxygens (including phenoxy) is 2. The number of carbonyl (C=O) groups excluding carboxylic acids is 1. The molecule has 11 heteroatoms. The molecule has 0 radical (unpaired) electrons. The summed E-state index contributed by atoms with van der Waals surface area (Å²) in [5.41, 5.74) is 0.477. The van der Waals surface area contributed by atoms with Crippen molar-refractivity contribution in [2.24, 2.45) is 0 Å². The van der Waals surface area contributed by atoms with Crippen molar-refractivity contribution in [3.8, 4) is 0 Å². The lowest BCUT2D eigenvalue weighted by Gasteiger charge is -2.37. The van der Waals surface area contributed by atoms with E-state index in [0.29, 0.717) is 25.1 Å². The second kappa shape index (κ2) is 12.7. The molecule has 0 unspecified atom stereocenters. The van der Waals surface area contributed by atoms with Crippen molar-refractivity contribution in [3.63, 3.8) is 0 Å². The molecule has 4 rings (SSSR count). The Kier molecular flexibility index (Phi) is 9.31. The lowest BCUT2D eigenvalue weighted by Crippen LogP contribution is -2.37. The van der Waals surface area contributed by atoms with Crippen LogP contribution >= 0.6 is 0 Å². The van der Waals surface area contributed by atoms with E-state index in [4.69, 9.17) is 9.47 Å². The number of nitrogens with one attached hydrogen (secondary N) is 1. The largest absolute Gasteiger partial charge is 0.392 e. The maximum atomic E-state index is 14.1. The Morgan fingerprint density at radius 2 is 1.65 bits per heavy atom. The number of benzene rings is 3. The summed E-state index contributed by atoms with van der Waals surface area (Å²) in [7, 11) is 1.91. The van der Waals surface area contributed by atoms with Crippen LogP contribution in [0.25, 0.3) is 0 Å². The Hall–Kier alpha value is -3.64. The first-order chi connectivity index (χ1) is 19.1. The van der Waals surface area contributed by atoms with Crippen molar-refractivity contribution in [2.45, 2.75) is 31.5 Å². The van der Waals surface area contributed by atoms with Crippen LogP contribution in [0.15, 0.2) is 61.2 Å². The first-order valence-corrected chi connectivity index (χ1v) is 12.4. The van der Waals surface area contributed by atoms with E-state index in [-0.39, 0.29) is 24.5 Å². The van der Waals surface area contributed by atoms with Crippen molar-refractivity contribution in [3.05, 3.63) is 113 Å². The Morgan fingerprint density at radius 1 is 1.00 bits per heavy atom. The molecule has 0 saturated carbocycles. The molecule has 0 spiro atoms. The van der Waals surface area contributed by atoms with Crippen LogP contribution in [-0.2, 0) is 16.1 Å². The topological polar surface area (TPSA) is 71.0 Å². The number of hydrogen-bond acceptors (Lipinski definition) is 5. The monoisotopic (exact) mass is 562 g/mol. The summed E-state index contributed by atoms with van der Waals surface area (Å²) in [5.74, 6) is -12.8. The van der Waals surface area contributed by atoms with Crippen LogP contribution in [0.5, 0.6) is 0 Å². The summed E-state index contributed by atoms with van der Waals surface area (Å²) in [4.78, 5) is 14.6. The molecule has 6 nitrogen and oxygen atoms in total. The van der Waals surface area contributed by atoms with Gasteiger partial charge in [-0.15, -0.1) is 6.58 Å². The molecule has 0 aromatic heterocycles. The zero-order valence-electron chi connectivity index (χ0n) is 21.5. The lowest BCUT2D eigenvalue weighted by atomic mass is 9.99. The molecule has 1 aliphatic rings. The van der Waals surface area contributed by atoms with Gasteiger partial charge in [0.25, 0.3) is 5.91 Å². The molecule has 40 heavy (non-hydrogen) atoms. The fraction of sp³-hybridized carbons (Fsp3) is 0.276. The zero-order chi connectivity index (χ0) is 29.0. The minimum atomic E-state index is -2.35. The van der Waals surface area contributed by atoms with E-state index in [1.807, 2.05) is 24.1 Å². The summed E-state index contributed by atoms with van der Waals surface area (Å²) in [6.07, 6.45) is 0.702. The van der Waals surface area contributed by atoms with Gasteiger partial charge in [0.15, 0.2) is 29.6 Å². The quantitative estimate of drug-likeness (QED) is 0.150. The normalized spacial score (nSPS) is 19.1. The second-order valence-corrected chi connectivity index (χ2v) is 9.38.